The lowest BCUT2D eigenvalue weighted by molar-refractivity contribution is -0.169. The van der Waals surface area contributed by atoms with E-state index in [2.05, 4.69) is 0 Å². The van der Waals surface area contributed by atoms with Crippen molar-refractivity contribution in [3.63, 3.8) is 0 Å². The molecule has 0 bridgehead atoms. The van der Waals surface area contributed by atoms with Gasteiger partial charge in [0.15, 0.2) is 5.79 Å². The van der Waals surface area contributed by atoms with Gasteiger partial charge in [-0.15, -0.1) is 0 Å². The van der Waals surface area contributed by atoms with Gasteiger partial charge in [0.1, 0.15) is 5.82 Å². The first-order valence-corrected chi connectivity index (χ1v) is 6.79. The van der Waals surface area contributed by atoms with Crippen molar-refractivity contribution in [3.8, 4) is 0 Å². The first kappa shape index (κ1) is 14.6. The molecule has 0 aromatic heterocycles. The van der Waals surface area contributed by atoms with E-state index >= 15 is 0 Å². The lowest BCUT2D eigenvalue weighted by Gasteiger charge is -2.38. The monoisotopic (exact) mass is 305 g/mol. The van der Waals surface area contributed by atoms with Gasteiger partial charge in [0.25, 0.3) is 0 Å². The van der Waals surface area contributed by atoms with Crippen molar-refractivity contribution in [2.75, 3.05) is 31.2 Å². The number of alkyl halides is 3. The molecule has 1 spiro atoms. The summed E-state index contributed by atoms with van der Waals surface area (Å²) in [6.07, 6.45) is -3.43. The van der Waals surface area contributed by atoms with Gasteiger partial charge >= 0.3 is 6.18 Å². The van der Waals surface area contributed by atoms with E-state index in [1.54, 1.807) is 4.90 Å². The highest BCUT2D eigenvalue weighted by molar-refractivity contribution is 5.50. The van der Waals surface area contributed by atoms with Crippen LogP contribution in [0.1, 0.15) is 18.4 Å². The first-order valence-electron chi connectivity index (χ1n) is 6.79. The summed E-state index contributed by atoms with van der Waals surface area (Å²) < 4.78 is 62.8. The van der Waals surface area contributed by atoms with Gasteiger partial charge in [0.05, 0.1) is 18.8 Å². The van der Waals surface area contributed by atoms with Crippen LogP contribution < -0.4 is 4.90 Å². The van der Waals surface area contributed by atoms with Crippen molar-refractivity contribution in [2.24, 2.45) is 0 Å². The summed E-state index contributed by atoms with van der Waals surface area (Å²) in [4.78, 5) is 1.73. The van der Waals surface area contributed by atoms with E-state index in [9.17, 15) is 17.6 Å². The molecular formula is C14H15F4NO2. The van der Waals surface area contributed by atoms with Gasteiger partial charge in [-0.1, -0.05) is 0 Å². The van der Waals surface area contributed by atoms with E-state index in [1.165, 1.54) is 0 Å². The van der Waals surface area contributed by atoms with Crippen LogP contribution in [0.4, 0.5) is 23.2 Å². The smallest absolute Gasteiger partial charge is 0.371 e. The molecule has 21 heavy (non-hydrogen) atoms. The third-order valence-corrected chi connectivity index (χ3v) is 3.91. The molecule has 116 valence electrons. The Morgan fingerprint density at radius 3 is 2.19 bits per heavy atom. The van der Waals surface area contributed by atoms with Gasteiger partial charge in [0, 0.05) is 31.6 Å². The van der Waals surface area contributed by atoms with Crippen LogP contribution in [0.5, 0.6) is 0 Å². The topological polar surface area (TPSA) is 21.7 Å². The van der Waals surface area contributed by atoms with Crippen LogP contribution in [0, 0.1) is 5.82 Å². The minimum atomic E-state index is -4.55. The average Bonchev–Trinajstić information content (AvgIpc) is 2.86. The molecule has 2 aliphatic heterocycles. The maximum atomic E-state index is 13.4. The van der Waals surface area contributed by atoms with Crippen LogP contribution in [0.2, 0.25) is 0 Å². The zero-order chi connectivity index (χ0) is 15.1. The van der Waals surface area contributed by atoms with Crippen LogP contribution in [0.15, 0.2) is 18.2 Å². The van der Waals surface area contributed by atoms with Crippen LogP contribution in [0.3, 0.4) is 0 Å². The molecule has 0 aliphatic carbocycles. The van der Waals surface area contributed by atoms with E-state index in [-0.39, 0.29) is 5.69 Å². The maximum Gasteiger partial charge on any atom is 0.416 e. The number of halogens is 4. The summed E-state index contributed by atoms with van der Waals surface area (Å²) >= 11 is 0. The van der Waals surface area contributed by atoms with E-state index in [4.69, 9.17) is 9.47 Å². The number of rotatable bonds is 1. The van der Waals surface area contributed by atoms with Gasteiger partial charge < -0.3 is 14.4 Å². The predicted octanol–water partition coefficient (Wildman–Crippen LogP) is 3.19. The van der Waals surface area contributed by atoms with Crippen molar-refractivity contribution in [2.45, 2.75) is 24.8 Å². The molecule has 0 saturated carbocycles. The lowest BCUT2D eigenvalue weighted by Crippen LogP contribution is -2.45. The molecule has 2 saturated heterocycles. The SMILES string of the molecule is Fc1cc(N2CCC3(CC2)OCCO3)cc(C(F)(F)F)c1. The summed E-state index contributed by atoms with van der Waals surface area (Å²) in [6.45, 7) is 2.03. The molecule has 3 rings (SSSR count). The number of nitrogens with zero attached hydrogens (tertiary/aromatic N) is 1. The second kappa shape index (κ2) is 5.14. The van der Waals surface area contributed by atoms with Gasteiger partial charge in [-0.25, -0.2) is 4.39 Å². The molecule has 2 heterocycles. The first-order chi connectivity index (χ1) is 9.88. The Morgan fingerprint density at radius 2 is 1.62 bits per heavy atom. The molecule has 1 aromatic rings. The summed E-state index contributed by atoms with van der Waals surface area (Å²) in [7, 11) is 0. The van der Waals surface area contributed by atoms with Crippen LogP contribution in [0.25, 0.3) is 0 Å². The fourth-order valence-electron chi connectivity index (χ4n) is 2.81. The minimum Gasteiger partial charge on any atom is -0.371 e. The van der Waals surface area contributed by atoms with Gasteiger partial charge in [-0.2, -0.15) is 13.2 Å². The van der Waals surface area contributed by atoms with Crippen molar-refractivity contribution in [3.05, 3.63) is 29.6 Å². The number of piperidine rings is 1. The normalized spacial score (nSPS) is 22.0. The molecule has 7 heteroatoms. The Morgan fingerprint density at radius 1 is 1.00 bits per heavy atom. The molecule has 3 nitrogen and oxygen atoms in total. The van der Waals surface area contributed by atoms with Crippen molar-refractivity contribution in [1.29, 1.82) is 0 Å². The summed E-state index contributed by atoms with van der Waals surface area (Å²) in [6, 6.07) is 2.62. The molecule has 0 N–H and O–H groups in total. The second-order valence-electron chi connectivity index (χ2n) is 5.29. The summed E-state index contributed by atoms with van der Waals surface area (Å²) in [5.74, 6) is -1.48. The summed E-state index contributed by atoms with van der Waals surface area (Å²) in [5, 5.41) is 0. The Kier molecular flexibility index (Phi) is 3.57. The van der Waals surface area contributed by atoms with E-state index < -0.39 is 23.3 Å². The summed E-state index contributed by atoms with van der Waals surface area (Å²) in [5.41, 5.74) is -0.721. The van der Waals surface area contributed by atoms with Crippen LogP contribution in [-0.2, 0) is 15.7 Å². The van der Waals surface area contributed by atoms with Gasteiger partial charge in [-0.05, 0) is 18.2 Å². The fourth-order valence-corrected chi connectivity index (χ4v) is 2.81. The second-order valence-corrected chi connectivity index (χ2v) is 5.29. The zero-order valence-corrected chi connectivity index (χ0v) is 11.3. The Balaban J connectivity index is 1.77. The highest BCUT2D eigenvalue weighted by Crippen LogP contribution is 2.36. The highest BCUT2D eigenvalue weighted by Gasteiger charge is 2.40. The van der Waals surface area contributed by atoms with E-state index in [0.717, 1.165) is 12.1 Å². The van der Waals surface area contributed by atoms with Crippen molar-refractivity contribution < 1.29 is 27.0 Å². The fraction of sp³-hybridized carbons (Fsp3) is 0.571. The van der Waals surface area contributed by atoms with E-state index in [1.807, 2.05) is 0 Å². The Bertz CT molecular complexity index is 516. The molecule has 0 atom stereocenters. The molecule has 2 fully saturated rings. The van der Waals surface area contributed by atoms with Crippen LogP contribution >= 0.6 is 0 Å². The minimum absolute atomic E-state index is 0.246. The number of benzene rings is 1. The van der Waals surface area contributed by atoms with Gasteiger partial charge in [-0.3, -0.25) is 0 Å². The number of anilines is 1. The van der Waals surface area contributed by atoms with E-state index in [0.29, 0.717) is 45.2 Å². The van der Waals surface area contributed by atoms with Crippen LogP contribution in [-0.4, -0.2) is 32.1 Å². The predicted molar refractivity (Wildman–Crippen MR) is 67.5 cm³/mol. The Labute approximate surface area is 119 Å². The molecule has 0 amide bonds. The standard InChI is InChI=1S/C14H15F4NO2/c15-11-7-10(14(16,17)18)8-12(9-11)19-3-1-13(2-4-19)20-5-6-21-13/h7-9H,1-6H2. The maximum absolute atomic E-state index is 13.4. The number of ether oxygens (including phenoxy) is 2. The van der Waals surface area contributed by atoms with Crippen molar-refractivity contribution >= 4 is 5.69 Å². The van der Waals surface area contributed by atoms with Gasteiger partial charge in [0.2, 0.25) is 0 Å². The molecular weight excluding hydrogens is 290 g/mol. The highest BCUT2D eigenvalue weighted by atomic mass is 19.4. The molecule has 0 unspecified atom stereocenters. The number of hydrogen-bond acceptors (Lipinski definition) is 3. The molecule has 0 radical (unpaired) electrons. The zero-order valence-electron chi connectivity index (χ0n) is 11.3. The molecule has 1 aromatic carbocycles. The average molecular weight is 305 g/mol. The Hall–Kier alpha value is -1.34. The third kappa shape index (κ3) is 2.98. The molecule has 2 aliphatic rings. The quantitative estimate of drug-likeness (QED) is 0.744. The lowest BCUT2D eigenvalue weighted by atomic mass is 10.0. The van der Waals surface area contributed by atoms with Crippen molar-refractivity contribution in [1.82, 2.24) is 0 Å². The largest absolute Gasteiger partial charge is 0.416 e. The number of hydrogen-bond donors (Lipinski definition) is 0. The third-order valence-electron chi connectivity index (χ3n) is 3.91.